The van der Waals surface area contributed by atoms with Crippen LogP contribution in [0, 0.1) is 10.1 Å². The fourth-order valence-corrected chi connectivity index (χ4v) is 1.87. The predicted molar refractivity (Wildman–Crippen MR) is 83.8 cm³/mol. The van der Waals surface area contributed by atoms with Crippen molar-refractivity contribution in [2.24, 2.45) is 5.10 Å². The molecule has 1 N–H and O–H groups in total. The van der Waals surface area contributed by atoms with E-state index in [0.29, 0.717) is 6.42 Å². The number of hydrogen-bond acceptors (Lipinski definition) is 4. The molecule has 0 saturated carbocycles. The number of benzene rings is 2. The second kappa shape index (κ2) is 7.68. The molecule has 6 nitrogen and oxygen atoms in total. The van der Waals surface area contributed by atoms with Gasteiger partial charge in [-0.2, -0.15) is 5.10 Å². The van der Waals surface area contributed by atoms with Gasteiger partial charge in [-0.15, -0.1) is 0 Å². The van der Waals surface area contributed by atoms with E-state index in [0.717, 1.165) is 6.42 Å². The quantitative estimate of drug-likeness (QED) is 0.505. The van der Waals surface area contributed by atoms with Crippen molar-refractivity contribution in [1.82, 2.24) is 5.43 Å². The molecule has 0 saturated heterocycles. The van der Waals surface area contributed by atoms with E-state index in [1.165, 1.54) is 29.8 Å². The third kappa shape index (κ3) is 4.52. The van der Waals surface area contributed by atoms with Crippen molar-refractivity contribution in [3.05, 3.63) is 75.8 Å². The summed E-state index contributed by atoms with van der Waals surface area (Å²) in [4.78, 5) is 21.9. The topological polar surface area (TPSA) is 84.6 Å². The molecule has 0 fully saturated rings. The van der Waals surface area contributed by atoms with Crippen molar-refractivity contribution in [3.8, 4) is 0 Å². The SMILES string of the molecule is O=C(NN=CCCc1ccccc1)c1cccc([N+](=O)[O-])c1. The number of amides is 1. The number of hydrazone groups is 1. The van der Waals surface area contributed by atoms with Gasteiger partial charge < -0.3 is 0 Å². The summed E-state index contributed by atoms with van der Waals surface area (Å²) in [5, 5.41) is 14.5. The Labute approximate surface area is 127 Å². The van der Waals surface area contributed by atoms with Crippen molar-refractivity contribution in [3.63, 3.8) is 0 Å². The molecule has 1 amide bonds. The maximum absolute atomic E-state index is 11.8. The summed E-state index contributed by atoms with van der Waals surface area (Å²) < 4.78 is 0. The van der Waals surface area contributed by atoms with Crippen LogP contribution in [0.3, 0.4) is 0 Å². The van der Waals surface area contributed by atoms with Crippen LogP contribution in [-0.2, 0) is 6.42 Å². The Hall–Kier alpha value is -3.02. The molecule has 112 valence electrons. The van der Waals surface area contributed by atoms with Crippen LogP contribution < -0.4 is 5.43 Å². The van der Waals surface area contributed by atoms with E-state index < -0.39 is 10.8 Å². The normalized spacial score (nSPS) is 10.5. The molecular weight excluding hydrogens is 282 g/mol. The van der Waals surface area contributed by atoms with E-state index >= 15 is 0 Å². The summed E-state index contributed by atoms with van der Waals surface area (Å²) in [5.41, 5.74) is 3.63. The maximum atomic E-state index is 11.8. The zero-order chi connectivity index (χ0) is 15.8. The second-order valence-electron chi connectivity index (χ2n) is 4.58. The Morgan fingerprint density at radius 1 is 1.18 bits per heavy atom. The van der Waals surface area contributed by atoms with Crippen molar-refractivity contribution in [2.75, 3.05) is 0 Å². The molecule has 0 spiro atoms. The smallest absolute Gasteiger partial charge is 0.267 e. The lowest BCUT2D eigenvalue weighted by molar-refractivity contribution is -0.384. The van der Waals surface area contributed by atoms with Crippen LogP contribution >= 0.6 is 0 Å². The summed E-state index contributed by atoms with van der Waals surface area (Å²) in [6.45, 7) is 0. The number of aryl methyl sites for hydroxylation is 1. The van der Waals surface area contributed by atoms with Crippen LogP contribution in [0.25, 0.3) is 0 Å². The molecule has 0 atom stereocenters. The molecule has 0 aliphatic carbocycles. The molecule has 2 rings (SSSR count). The average Bonchev–Trinajstić information content (AvgIpc) is 2.55. The van der Waals surface area contributed by atoms with Gasteiger partial charge in [0.15, 0.2) is 0 Å². The summed E-state index contributed by atoms with van der Waals surface area (Å²) in [6.07, 6.45) is 3.14. The Bertz CT molecular complexity index is 684. The second-order valence-corrected chi connectivity index (χ2v) is 4.58. The highest BCUT2D eigenvalue weighted by molar-refractivity contribution is 5.94. The molecule has 0 aromatic heterocycles. The molecule has 0 heterocycles. The number of hydrogen-bond donors (Lipinski definition) is 1. The number of carbonyl (C=O) groups excluding carboxylic acids is 1. The molecule has 0 aliphatic rings. The van der Waals surface area contributed by atoms with Gasteiger partial charge in [-0.25, -0.2) is 5.43 Å². The number of non-ortho nitro benzene ring substituents is 1. The van der Waals surface area contributed by atoms with Gasteiger partial charge in [0.1, 0.15) is 0 Å². The fraction of sp³-hybridized carbons (Fsp3) is 0.125. The number of nitro benzene ring substituents is 1. The molecule has 0 bridgehead atoms. The minimum absolute atomic E-state index is 0.124. The zero-order valence-electron chi connectivity index (χ0n) is 11.8. The van der Waals surface area contributed by atoms with Gasteiger partial charge in [0.05, 0.1) is 4.92 Å². The van der Waals surface area contributed by atoms with Crippen molar-refractivity contribution < 1.29 is 9.72 Å². The minimum atomic E-state index is -0.542. The van der Waals surface area contributed by atoms with Crippen molar-refractivity contribution in [2.45, 2.75) is 12.8 Å². The summed E-state index contributed by atoms with van der Waals surface area (Å²) in [6, 6.07) is 15.5. The maximum Gasteiger partial charge on any atom is 0.271 e. The predicted octanol–water partition coefficient (Wildman–Crippen LogP) is 2.94. The molecule has 22 heavy (non-hydrogen) atoms. The van der Waals surface area contributed by atoms with E-state index in [1.807, 2.05) is 30.3 Å². The van der Waals surface area contributed by atoms with E-state index in [2.05, 4.69) is 10.5 Å². The van der Waals surface area contributed by atoms with Crippen molar-refractivity contribution >= 4 is 17.8 Å². The standard InChI is InChI=1S/C16H15N3O3/c20-16(14-9-4-10-15(12-14)19(21)22)18-17-11-5-8-13-6-2-1-3-7-13/h1-4,6-7,9-12H,5,8H2,(H,18,20). The first-order chi connectivity index (χ1) is 10.7. The van der Waals surface area contributed by atoms with Gasteiger partial charge in [0, 0.05) is 23.9 Å². The van der Waals surface area contributed by atoms with Gasteiger partial charge in [0.2, 0.25) is 0 Å². The largest absolute Gasteiger partial charge is 0.271 e. The van der Waals surface area contributed by atoms with Gasteiger partial charge in [-0.05, 0) is 24.5 Å². The number of rotatable bonds is 6. The Morgan fingerprint density at radius 2 is 1.95 bits per heavy atom. The van der Waals surface area contributed by atoms with Crippen LogP contribution in [0.2, 0.25) is 0 Å². The summed E-state index contributed by atoms with van der Waals surface area (Å²) in [7, 11) is 0. The highest BCUT2D eigenvalue weighted by Crippen LogP contribution is 2.12. The zero-order valence-corrected chi connectivity index (χ0v) is 11.8. The van der Waals surface area contributed by atoms with Gasteiger partial charge in [-0.1, -0.05) is 36.4 Å². The third-order valence-electron chi connectivity index (χ3n) is 2.98. The van der Waals surface area contributed by atoms with E-state index in [4.69, 9.17) is 0 Å². The fourth-order valence-electron chi connectivity index (χ4n) is 1.87. The first kappa shape index (κ1) is 15.4. The van der Waals surface area contributed by atoms with Crippen LogP contribution in [-0.4, -0.2) is 17.0 Å². The Kier molecular flexibility index (Phi) is 5.37. The Morgan fingerprint density at radius 3 is 2.68 bits per heavy atom. The first-order valence-electron chi connectivity index (χ1n) is 6.77. The molecular formula is C16H15N3O3. The van der Waals surface area contributed by atoms with Crippen LogP contribution in [0.15, 0.2) is 59.7 Å². The lowest BCUT2D eigenvalue weighted by Gasteiger charge is -2.00. The number of carbonyl (C=O) groups is 1. The highest BCUT2D eigenvalue weighted by Gasteiger charge is 2.10. The third-order valence-corrected chi connectivity index (χ3v) is 2.98. The van der Waals surface area contributed by atoms with Crippen molar-refractivity contribution in [1.29, 1.82) is 0 Å². The molecule has 2 aromatic rings. The first-order valence-corrected chi connectivity index (χ1v) is 6.77. The van der Waals surface area contributed by atoms with Gasteiger partial charge in [0.25, 0.3) is 11.6 Å². The molecule has 0 aliphatic heterocycles. The van der Waals surface area contributed by atoms with E-state index in [1.54, 1.807) is 6.21 Å². The Balaban J connectivity index is 1.83. The van der Waals surface area contributed by atoms with E-state index in [-0.39, 0.29) is 11.3 Å². The molecule has 2 aromatic carbocycles. The minimum Gasteiger partial charge on any atom is -0.267 e. The number of nitrogens with zero attached hydrogens (tertiary/aromatic N) is 2. The summed E-state index contributed by atoms with van der Waals surface area (Å²) >= 11 is 0. The summed E-state index contributed by atoms with van der Waals surface area (Å²) in [5.74, 6) is -0.473. The van der Waals surface area contributed by atoms with Crippen LogP contribution in [0.4, 0.5) is 5.69 Å². The molecule has 6 heteroatoms. The van der Waals surface area contributed by atoms with Gasteiger partial charge >= 0.3 is 0 Å². The molecule has 0 unspecified atom stereocenters. The number of nitrogens with one attached hydrogen (secondary N) is 1. The molecule has 0 radical (unpaired) electrons. The number of nitro groups is 1. The van der Waals surface area contributed by atoms with Crippen LogP contribution in [0.5, 0.6) is 0 Å². The van der Waals surface area contributed by atoms with Gasteiger partial charge in [-0.3, -0.25) is 14.9 Å². The van der Waals surface area contributed by atoms with E-state index in [9.17, 15) is 14.9 Å². The monoisotopic (exact) mass is 297 g/mol. The highest BCUT2D eigenvalue weighted by atomic mass is 16.6. The average molecular weight is 297 g/mol. The lowest BCUT2D eigenvalue weighted by Crippen LogP contribution is -2.17. The van der Waals surface area contributed by atoms with Crippen LogP contribution in [0.1, 0.15) is 22.3 Å². The lowest BCUT2D eigenvalue weighted by atomic mass is 10.1.